The summed E-state index contributed by atoms with van der Waals surface area (Å²) in [6, 6.07) is 7.35. The molecule has 4 heteroatoms. The van der Waals surface area contributed by atoms with E-state index in [2.05, 4.69) is 9.88 Å². The van der Waals surface area contributed by atoms with E-state index in [-0.39, 0.29) is 5.75 Å². The van der Waals surface area contributed by atoms with Gasteiger partial charge in [0.1, 0.15) is 11.6 Å². The number of aromatic hydroxyl groups is 1. The highest BCUT2D eigenvalue weighted by Crippen LogP contribution is 2.27. The Morgan fingerprint density at radius 3 is 2.84 bits per heavy atom. The minimum absolute atomic E-state index is 0.276. The van der Waals surface area contributed by atoms with Crippen molar-refractivity contribution < 1.29 is 5.11 Å². The van der Waals surface area contributed by atoms with E-state index < -0.39 is 0 Å². The fourth-order valence-electron chi connectivity index (χ4n) is 2.22. The quantitative estimate of drug-likeness (QED) is 0.782. The summed E-state index contributed by atoms with van der Waals surface area (Å²) in [7, 11) is 2.04. The fraction of sp³-hybridized carbons (Fsp3) is 0.400. The molecular weight excluding hydrogens is 238 g/mol. The first-order valence-corrected chi connectivity index (χ1v) is 6.71. The first kappa shape index (κ1) is 13.6. The Morgan fingerprint density at radius 2 is 2.05 bits per heavy atom. The third-order valence-electron chi connectivity index (χ3n) is 3.29. The molecule has 0 aliphatic heterocycles. The number of nitrogens with two attached hydrogens (primary N) is 1. The van der Waals surface area contributed by atoms with E-state index >= 15 is 0 Å². The largest absolute Gasteiger partial charge is 0.508 e. The average Bonchev–Trinajstić information content (AvgIpc) is 2.42. The molecule has 0 bridgehead atoms. The van der Waals surface area contributed by atoms with Crippen LogP contribution in [0.4, 0.5) is 5.82 Å². The Morgan fingerprint density at radius 1 is 1.21 bits per heavy atom. The van der Waals surface area contributed by atoms with Crippen LogP contribution in [-0.4, -0.2) is 30.2 Å². The minimum atomic E-state index is 0.276. The number of phenolic OH excluding ortho intramolecular Hbond substituents is 1. The number of benzene rings is 1. The van der Waals surface area contributed by atoms with Crippen molar-refractivity contribution >= 4 is 16.6 Å². The first-order valence-electron chi connectivity index (χ1n) is 6.71. The monoisotopic (exact) mass is 259 g/mol. The molecule has 1 aromatic heterocycles. The summed E-state index contributed by atoms with van der Waals surface area (Å²) in [5.41, 5.74) is 5.49. The Kier molecular flexibility index (Phi) is 4.58. The van der Waals surface area contributed by atoms with E-state index in [0.717, 1.165) is 48.9 Å². The van der Waals surface area contributed by atoms with Crippen LogP contribution in [0.3, 0.4) is 0 Å². The maximum Gasteiger partial charge on any atom is 0.136 e. The molecule has 19 heavy (non-hydrogen) atoms. The van der Waals surface area contributed by atoms with Gasteiger partial charge in [0.15, 0.2) is 0 Å². The van der Waals surface area contributed by atoms with E-state index in [9.17, 15) is 5.11 Å². The SMILES string of the molecule is CN(CCCCCN)c1nccc2ccc(O)cc12. The van der Waals surface area contributed by atoms with Gasteiger partial charge in [-0.1, -0.05) is 12.5 Å². The minimum Gasteiger partial charge on any atom is -0.508 e. The highest BCUT2D eigenvalue weighted by molar-refractivity contribution is 5.93. The summed E-state index contributed by atoms with van der Waals surface area (Å²) in [5, 5.41) is 11.7. The van der Waals surface area contributed by atoms with Gasteiger partial charge in [0.2, 0.25) is 0 Å². The number of anilines is 1. The molecular formula is C15H21N3O. The van der Waals surface area contributed by atoms with Gasteiger partial charge in [0.25, 0.3) is 0 Å². The van der Waals surface area contributed by atoms with Crippen LogP contribution in [0.15, 0.2) is 30.5 Å². The number of rotatable bonds is 6. The van der Waals surface area contributed by atoms with Crippen LogP contribution in [0, 0.1) is 0 Å². The van der Waals surface area contributed by atoms with Crippen LogP contribution in [0.5, 0.6) is 5.75 Å². The van der Waals surface area contributed by atoms with Gasteiger partial charge >= 0.3 is 0 Å². The summed E-state index contributed by atoms with van der Waals surface area (Å²) in [6.45, 7) is 1.70. The van der Waals surface area contributed by atoms with Gasteiger partial charge in [-0.15, -0.1) is 0 Å². The summed E-state index contributed by atoms with van der Waals surface area (Å²) in [5.74, 6) is 1.19. The van der Waals surface area contributed by atoms with Crippen molar-refractivity contribution in [2.75, 3.05) is 25.0 Å². The third kappa shape index (κ3) is 3.35. The number of aromatic nitrogens is 1. The number of pyridine rings is 1. The number of phenols is 1. The molecule has 0 saturated heterocycles. The molecule has 0 spiro atoms. The Hall–Kier alpha value is -1.81. The zero-order valence-electron chi connectivity index (χ0n) is 11.3. The van der Waals surface area contributed by atoms with E-state index in [1.54, 1.807) is 12.1 Å². The van der Waals surface area contributed by atoms with Gasteiger partial charge in [-0.3, -0.25) is 0 Å². The first-order chi connectivity index (χ1) is 9.22. The van der Waals surface area contributed by atoms with E-state index in [1.165, 1.54) is 0 Å². The Labute approximate surface area is 113 Å². The van der Waals surface area contributed by atoms with Gasteiger partial charge < -0.3 is 15.7 Å². The van der Waals surface area contributed by atoms with Crippen LogP contribution >= 0.6 is 0 Å². The molecule has 0 amide bonds. The average molecular weight is 259 g/mol. The standard InChI is InChI=1S/C15H21N3O/c1-18(10-4-2-3-8-16)15-14-11-13(19)6-5-12(14)7-9-17-15/h5-7,9,11,19H,2-4,8,10,16H2,1H3. The molecule has 2 aromatic rings. The molecule has 2 rings (SSSR count). The van der Waals surface area contributed by atoms with Gasteiger partial charge in [0, 0.05) is 25.2 Å². The molecule has 4 nitrogen and oxygen atoms in total. The van der Waals surface area contributed by atoms with Gasteiger partial charge in [-0.05, 0) is 43.0 Å². The lowest BCUT2D eigenvalue weighted by molar-refractivity contribution is 0.476. The Bertz CT molecular complexity index is 542. The highest BCUT2D eigenvalue weighted by atomic mass is 16.3. The number of nitrogens with zero attached hydrogens (tertiary/aromatic N) is 2. The van der Waals surface area contributed by atoms with Crippen molar-refractivity contribution in [3.63, 3.8) is 0 Å². The predicted molar refractivity (Wildman–Crippen MR) is 79.6 cm³/mol. The molecule has 1 heterocycles. The maximum absolute atomic E-state index is 9.62. The maximum atomic E-state index is 9.62. The number of unbranched alkanes of at least 4 members (excludes halogenated alkanes) is 2. The summed E-state index contributed by atoms with van der Waals surface area (Å²) in [6.07, 6.45) is 5.12. The van der Waals surface area contributed by atoms with E-state index in [4.69, 9.17) is 5.73 Å². The summed E-state index contributed by atoms with van der Waals surface area (Å²) < 4.78 is 0. The van der Waals surface area contributed by atoms with Crippen LogP contribution in [0.1, 0.15) is 19.3 Å². The zero-order chi connectivity index (χ0) is 13.7. The lowest BCUT2D eigenvalue weighted by atomic mass is 10.1. The molecule has 0 aliphatic carbocycles. The Balaban J connectivity index is 2.16. The smallest absolute Gasteiger partial charge is 0.136 e. The predicted octanol–water partition coefficient (Wildman–Crippen LogP) is 2.51. The number of fused-ring (bicyclic) bond motifs is 1. The number of hydrogen-bond acceptors (Lipinski definition) is 4. The van der Waals surface area contributed by atoms with Crippen molar-refractivity contribution in [1.82, 2.24) is 4.98 Å². The van der Waals surface area contributed by atoms with Crippen LogP contribution < -0.4 is 10.6 Å². The second-order valence-electron chi connectivity index (χ2n) is 4.81. The molecule has 0 aliphatic rings. The highest BCUT2D eigenvalue weighted by Gasteiger charge is 2.08. The lowest BCUT2D eigenvalue weighted by Gasteiger charge is -2.19. The van der Waals surface area contributed by atoms with Crippen molar-refractivity contribution in [3.8, 4) is 5.75 Å². The van der Waals surface area contributed by atoms with Crippen LogP contribution in [-0.2, 0) is 0 Å². The van der Waals surface area contributed by atoms with E-state index in [1.807, 2.05) is 25.4 Å². The molecule has 1 aromatic carbocycles. The summed E-state index contributed by atoms with van der Waals surface area (Å²) >= 11 is 0. The molecule has 0 saturated carbocycles. The van der Waals surface area contributed by atoms with Crippen molar-refractivity contribution in [2.45, 2.75) is 19.3 Å². The normalized spacial score (nSPS) is 10.8. The topological polar surface area (TPSA) is 62.4 Å². The number of hydrogen-bond donors (Lipinski definition) is 2. The van der Waals surface area contributed by atoms with Crippen molar-refractivity contribution in [3.05, 3.63) is 30.5 Å². The molecule has 0 atom stereocenters. The van der Waals surface area contributed by atoms with Gasteiger partial charge in [0.05, 0.1) is 0 Å². The molecule has 3 N–H and O–H groups in total. The van der Waals surface area contributed by atoms with Crippen LogP contribution in [0.2, 0.25) is 0 Å². The zero-order valence-corrected chi connectivity index (χ0v) is 11.3. The van der Waals surface area contributed by atoms with Crippen LogP contribution in [0.25, 0.3) is 10.8 Å². The molecule has 0 fully saturated rings. The van der Waals surface area contributed by atoms with Gasteiger partial charge in [-0.25, -0.2) is 4.98 Å². The van der Waals surface area contributed by atoms with Crippen molar-refractivity contribution in [1.29, 1.82) is 0 Å². The van der Waals surface area contributed by atoms with E-state index in [0.29, 0.717) is 0 Å². The van der Waals surface area contributed by atoms with Gasteiger partial charge in [-0.2, -0.15) is 0 Å². The molecule has 102 valence electrons. The lowest BCUT2D eigenvalue weighted by Crippen LogP contribution is -2.20. The fourth-order valence-corrected chi connectivity index (χ4v) is 2.22. The molecule has 0 unspecified atom stereocenters. The third-order valence-corrected chi connectivity index (χ3v) is 3.29. The summed E-state index contributed by atoms with van der Waals surface area (Å²) in [4.78, 5) is 6.57. The second kappa shape index (κ2) is 6.38. The second-order valence-corrected chi connectivity index (χ2v) is 4.81. The van der Waals surface area contributed by atoms with Crippen molar-refractivity contribution in [2.24, 2.45) is 5.73 Å². The molecule has 0 radical (unpaired) electrons.